The molecule has 0 aromatic carbocycles. The third kappa shape index (κ3) is 2.57. The Morgan fingerprint density at radius 2 is 2.33 bits per heavy atom. The molecule has 0 atom stereocenters. The summed E-state index contributed by atoms with van der Waals surface area (Å²) >= 11 is 0. The molecule has 0 unspecified atom stereocenters. The number of imidazole rings is 1. The van der Waals surface area contributed by atoms with Crippen LogP contribution >= 0.6 is 0 Å². The fourth-order valence-corrected chi connectivity index (χ4v) is 1.55. The molecule has 2 rings (SSSR count). The Labute approximate surface area is 105 Å². The highest BCUT2D eigenvalue weighted by atomic mass is 16.2. The summed E-state index contributed by atoms with van der Waals surface area (Å²) in [6.07, 6.45) is 3.25. The molecule has 7 heteroatoms. The SMILES string of the molecule is Cc1cc(NC(=O)c2cn(CCN)cn2)nn1C. The second-order valence-electron chi connectivity index (χ2n) is 4.03. The summed E-state index contributed by atoms with van der Waals surface area (Å²) in [7, 11) is 1.82. The second-order valence-corrected chi connectivity index (χ2v) is 4.03. The highest BCUT2D eigenvalue weighted by molar-refractivity contribution is 6.02. The van der Waals surface area contributed by atoms with Crippen molar-refractivity contribution in [2.24, 2.45) is 12.8 Å². The zero-order valence-corrected chi connectivity index (χ0v) is 10.4. The van der Waals surface area contributed by atoms with Crippen LogP contribution in [0.5, 0.6) is 0 Å². The lowest BCUT2D eigenvalue weighted by atomic mass is 10.4. The van der Waals surface area contributed by atoms with Gasteiger partial charge in [0.05, 0.1) is 6.33 Å². The summed E-state index contributed by atoms with van der Waals surface area (Å²) in [5.41, 5.74) is 6.75. The van der Waals surface area contributed by atoms with E-state index in [1.165, 1.54) is 0 Å². The Balaban J connectivity index is 2.06. The van der Waals surface area contributed by atoms with Crippen molar-refractivity contribution in [1.82, 2.24) is 19.3 Å². The van der Waals surface area contributed by atoms with E-state index in [9.17, 15) is 4.79 Å². The first-order valence-corrected chi connectivity index (χ1v) is 5.64. The fraction of sp³-hybridized carbons (Fsp3) is 0.364. The maximum atomic E-state index is 11.9. The van der Waals surface area contributed by atoms with Crippen LogP contribution in [-0.2, 0) is 13.6 Å². The molecule has 2 heterocycles. The molecular formula is C11H16N6O. The van der Waals surface area contributed by atoms with Crippen molar-refractivity contribution in [3.8, 4) is 0 Å². The van der Waals surface area contributed by atoms with E-state index in [0.29, 0.717) is 24.6 Å². The van der Waals surface area contributed by atoms with E-state index in [2.05, 4.69) is 15.4 Å². The van der Waals surface area contributed by atoms with Crippen LogP contribution in [0, 0.1) is 6.92 Å². The third-order valence-electron chi connectivity index (χ3n) is 2.61. The minimum absolute atomic E-state index is 0.274. The predicted molar refractivity (Wildman–Crippen MR) is 67.2 cm³/mol. The van der Waals surface area contributed by atoms with Crippen LogP contribution in [0.25, 0.3) is 0 Å². The number of carbonyl (C=O) groups excluding carboxylic acids is 1. The first kappa shape index (κ1) is 12.3. The molecule has 18 heavy (non-hydrogen) atoms. The zero-order chi connectivity index (χ0) is 13.1. The topological polar surface area (TPSA) is 90.8 Å². The van der Waals surface area contributed by atoms with Crippen molar-refractivity contribution in [3.05, 3.63) is 30.0 Å². The molecule has 3 N–H and O–H groups in total. The number of anilines is 1. The van der Waals surface area contributed by atoms with Gasteiger partial charge in [0.1, 0.15) is 5.69 Å². The largest absolute Gasteiger partial charge is 0.335 e. The van der Waals surface area contributed by atoms with Gasteiger partial charge >= 0.3 is 0 Å². The summed E-state index contributed by atoms with van der Waals surface area (Å²) in [6, 6.07) is 1.80. The van der Waals surface area contributed by atoms with Gasteiger partial charge in [-0.25, -0.2) is 4.98 Å². The monoisotopic (exact) mass is 248 g/mol. The van der Waals surface area contributed by atoms with Gasteiger partial charge in [-0.05, 0) is 6.92 Å². The zero-order valence-electron chi connectivity index (χ0n) is 10.4. The molecule has 0 saturated heterocycles. The number of nitrogens with two attached hydrogens (primary N) is 1. The molecule has 0 fully saturated rings. The van der Waals surface area contributed by atoms with E-state index >= 15 is 0 Å². The Bertz CT molecular complexity index is 536. The summed E-state index contributed by atoms with van der Waals surface area (Å²) in [6.45, 7) is 3.07. The standard InChI is InChI=1S/C11H16N6O/c1-8-5-10(15-16(8)2)14-11(18)9-6-17(4-3-12)7-13-9/h5-7H,3-4,12H2,1-2H3,(H,14,15,18). The molecule has 7 nitrogen and oxygen atoms in total. The molecule has 0 radical (unpaired) electrons. The van der Waals surface area contributed by atoms with E-state index in [1.807, 2.05) is 14.0 Å². The number of carbonyl (C=O) groups is 1. The van der Waals surface area contributed by atoms with Crippen LogP contribution in [0.15, 0.2) is 18.6 Å². The van der Waals surface area contributed by atoms with Gasteiger partial charge in [-0.3, -0.25) is 9.48 Å². The van der Waals surface area contributed by atoms with Gasteiger partial charge < -0.3 is 15.6 Å². The fourth-order valence-electron chi connectivity index (χ4n) is 1.55. The van der Waals surface area contributed by atoms with Crippen LogP contribution < -0.4 is 11.1 Å². The Hall–Kier alpha value is -2.15. The van der Waals surface area contributed by atoms with Gasteiger partial charge in [0, 0.05) is 38.1 Å². The van der Waals surface area contributed by atoms with Crippen molar-refractivity contribution in [2.45, 2.75) is 13.5 Å². The molecule has 2 aromatic heterocycles. The van der Waals surface area contributed by atoms with Gasteiger partial charge in [-0.15, -0.1) is 0 Å². The molecule has 0 aliphatic carbocycles. The van der Waals surface area contributed by atoms with E-state index in [1.54, 1.807) is 27.8 Å². The summed E-state index contributed by atoms with van der Waals surface area (Å²) in [4.78, 5) is 15.9. The molecule has 1 amide bonds. The molecule has 96 valence electrons. The van der Waals surface area contributed by atoms with Crippen molar-refractivity contribution in [1.29, 1.82) is 0 Å². The Kier molecular flexibility index (Phi) is 3.42. The molecule has 0 spiro atoms. The normalized spacial score (nSPS) is 10.6. The van der Waals surface area contributed by atoms with E-state index in [4.69, 9.17) is 5.73 Å². The molecule has 0 aliphatic heterocycles. The number of rotatable bonds is 4. The highest BCUT2D eigenvalue weighted by Crippen LogP contribution is 2.08. The molecule has 0 aliphatic rings. The average Bonchev–Trinajstić information content (AvgIpc) is 2.88. The number of nitrogens with zero attached hydrogens (tertiary/aromatic N) is 4. The van der Waals surface area contributed by atoms with Crippen molar-refractivity contribution in [2.75, 3.05) is 11.9 Å². The summed E-state index contributed by atoms with van der Waals surface area (Å²) < 4.78 is 3.47. The van der Waals surface area contributed by atoms with Crippen LogP contribution in [0.2, 0.25) is 0 Å². The minimum Gasteiger partial charge on any atom is -0.335 e. The first-order chi connectivity index (χ1) is 8.60. The van der Waals surface area contributed by atoms with E-state index in [-0.39, 0.29) is 5.91 Å². The number of hydrogen-bond acceptors (Lipinski definition) is 4. The van der Waals surface area contributed by atoms with Gasteiger partial charge in [0.2, 0.25) is 0 Å². The molecule has 2 aromatic rings. The lowest BCUT2D eigenvalue weighted by molar-refractivity contribution is 0.102. The van der Waals surface area contributed by atoms with E-state index < -0.39 is 0 Å². The summed E-state index contributed by atoms with van der Waals surface area (Å²) in [5.74, 6) is 0.247. The minimum atomic E-state index is -0.274. The quantitative estimate of drug-likeness (QED) is 0.805. The van der Waals surface area contributed by atoms with Crippen LogP contribution in [0.1, 0.15) is 16.2 Å². The molecule has 0 bridgehead atoms. The lowest BCUT2D eigenvalue weighted by Gasteiger charge is -1.98. The maximum absolute atomic E-state index is 11.9. The maximum Gasteiger partial charge on any atom is 0.277 e. The Morgan fingerprint density at radius 3 is 2.94 bits per heavy atom. The van der Waals surface area contributed by atoms with Crippen LogP contribution in [0.4, 0.5) is 5.82 Å². The van der Waals surface area contributed by atoms with Crippen LogP contribution in [0.3, 0.4) is 0 Å². The second kappa shape index (κ2) is 5.01. The van der Waals surface area contributed by atoms with E-state index in [0.717, 1.165) is 5.69 Å². The molecular weight excluding hydrogens is 232 g/mol. The summed E-state index contributed by atoms with van der Waals surface area (Å²) in [5, 5.41) is 6.85. The number of aromatic nitrogens is 4. The van der Waals surface area contributed by atoms with Gasteiger partial charge in [0.25, 0.3) is 5.91 Å². The van der Waals surface area contributed by atoms with Crippen molar-refractivity contribution < 1.29 is 4.79 Å². The van der Waals surface area contributed by atoms with Crippen molar-refractivity contribution in [3.63, 3.8) is 0 Å². The highest BCUT2D eigenvalue weighted by Gasteiger charge is 2.11. The smallest absolute Gasteiger partial charge is 0.277 e. The van der Waals surface area contributed by atoms with Gasteiger partial charge in [-0.2, -0.15) is 5.10 Å². The Morgan fingerprint density at radius 1 is 1.56 bits per heavy atom. The van der Waals surface area contributed by atoms with Gasteiger partial charge in [0.15, 0.2) is 5.82 Å². The predicted octanol–water partition coefficient (Wildman–Crippen LogP) is 0.136. The first-order valence-electron chi connectivity index (χ1n) is 5.64. The van der Waals surface area contributed by atoms with Crippen LogP contribution in [-0.4, -0.2) is 31.8 Å². The number of aryl methyl sites for hydroxylation is 2. The number of amides is 1. The average molecular weight is 248 g/mol. The van der Waals surface area contributed by atoms with Crippen molar-refractivity contribution >= 4 is 11.7 Å². The molecule has 0 saturated carbocycles. The lowest BCUT2D eigenvalue weighted by Crippen LogP contribution is -2.13. The number of hydrogen-bond donors (Lipinski definition) is 2. The third-order valence-corrected chi connectivity index (χ3v) is 2.61. The van der Waals surface area contributed by atoms with Gasteiger partial charge in [-0.1, -0.05) is 0 Å². The number of nitrogens with one attached hydrogen (secondary N) is 1.